The molecule has 0 bridgehead atoms. The topological polar surface area (TPSA) is 107 Å². The number of rotatable bonds is 2. The van der Waals surface area contributed by atoms with Gasteiger partial charge in [0.15, 0.2) is 0 Å². The Hall–Kier alpha value is -1.96. The molecule has 0 radical (unpaired) electrons. The van der Waals surface area contributed by atoms with Crippen molar-refractivity contribution in [3.05, 3.63) is 17.5 Å². The zero-order chi connectivity index (χ0) is 10.8. The Kier molecular flexibility index (Phi) is 2.34. The maximum atomic E-state index is 11.6. The monoisotopic (exact) mass is 225 g/mol. The quantitative estimate of drug-likeness (QED) is 0.777. The largest absolute Gasteiger partial charge is 0.374 e. The van der Waals surface area contributed by atoms with Crippen molar-refractivity contribution >= 4 is 27.5 Å². The molecule has 2 aromatic rings. The molecule has 2 heterocycles. The average molecular weight is 225 g/mol. The summed E-state index contributed by atoms with van der Waals surface area (Å²) in [5.41, 5.74) is 5.73. The minimum Gasteiger partial charge on any atom is -0.374 e. The fraction of sp³-hybridized carbons (Fsp3) is 0.143. The first-order valence-corrected chi connectivity index (χ1v) is 4.80. The van der Waals surface area contributed by atoms with E-state index in [1.807, 2.05) is 0 Å². The van der Waals surface area contributed by atoms with Crippen LogP contribution in [0.25, 0.3) is 0 Å². The lowest BCUT2D eigenvalue weighted by molar-refractivity contribution is 0.102. The van der Waals surface area contributed by atoms with Crippen LogP contribution in [0, 0.1) is 6.92 Å². The minimum absolute atomic E-state index is 0.298. The Morgan fingerprint density at radius 2 is 2.40 bits per heavy atom. The summed E-state index contributed by atoms with van der Waals surface area (Å²) in [5, 5.41) is 13.9. The third-order valence-electron chi connectivity index (χ3n) is 1.66. The number of anilines is 2. The normalized spacial score (nSPS) is 10.2. The summed E-state index contributed by atoms with van der Waals surface area (Å²) in [6, 6.07) is 0. The summed E-state index contributed by atoms with van der Waals surface area (Å²) >= 11 is 1.09. The van der Waals surface area contributed by atoms with Gasteiger partial charge in [-0.05, 0) is 6.92 Å². The number of nitrogens with two attached hydrogens (primary N) is 1. The van der Waals surface area contributed by atoms with Crippen LogP contribution in [0.1, 0.15) is 16.1 Å². The van der Waals surface area contributed by atoms with Crippen molar-refractivity contribution in [2.45, 2.75) is 6.92 Å². The molecule has 0 aliphatic heterocycles. The first kappa shape index (κ1) is 9.59. The molecule has 15 heavy (non-hydrogen) atoms. The lowest BCUT2D eigenvalue weighted by Gasteiger charge is -1.96. The molecule has 0 fully saturated rings. The smallest absolute Gasteiger partial charge is 0.262 e. The average Bonchev–Trinajstić information content (AvgIpc) is 2.75. The third-order valence-corrected chi connectivity index (χ3v) is 2.32. The zero-order valence-corrected chi connectivity index (χ0v) is 8.54. The standard InChI is InChI=1S/C7H7N5O2S/c1-3-4(2-9-14-3)5(13)10-7-12-11-6(8)15-7/h2H,1H3,(H2,8,11)(H,10,12,13). The fourth-order valence-corrected chi connectivity index (χ4v) is 1.47. The van der Waals surface area contributed by atoms with Crippen molar-refractivity contribution in [2.75, 3.05) is 11.1 Å². The Labute approximate surface area is 88.3 Å². The van der Waals surface area contributed by atoms with Crippen molar-refractivity contribution in [2.24, 2.45) is 0 Å². The summed E-state index contributed by atoms with van der Waals surface area (Å²) in [5.74, 6) is 0.106. The van der Waals surface area contributed by atoms with Crippen LogP contribution < -0.4 is 11.1 Å². The van der Waals surface area contributed by atoms with E-state index in [0.29, 0.717) is 21.6 Å². The van der Waals surface area contributed by atoms with Gasteiger partial charge in [0.1, 0.15) is 11.3 Å². The summed E-state index contributed by atoms with van der Waals surface area (Å²) < 4.78 is 4.76. The van der Waals surface area contributed by atoms with E-state index >= 15 is 0 Å². The second-order valence-electron chi connectivity index (χ2n) is 2.70. The molecule has 7 nitrogen and oxygen atoms in total. The summed E-state index contributed by atoms with van der Waals surface area (Å²) in [4.78, 5) is 11.6. The molecule has 0 saturated heterocycles. The molecule has 2 rings (SSSR count). The van der Waals surface area contributed by atoms with Gasteiger partial charge in [-0.15, -0.1) is 10.2 Å². The second-order valence-corrected chi connectivity index (χ2v) is 3.70. The van der Waals surface area contributed by atoms with E-state index in [0.717, 1.165) is 11.3 Å². The molecule has 0 unspecified atom stereocenters. The van der Waals surface area contributed by atoms with Crippen molar-refractivity contribution in [3.63, 3.8) is 0 Å². The molecule has 2 aromatic heterocycles. The molecule has 0 spiro atoms. The summed E-state index contributed by atoms with van der Waals surface area (Å²) in [6.07, 6.45) is 1.34. The number of nitrogens with one attached hydrogen (secondary N) is 1. The van der Waals surface area contributed by atoms with E-state index in [1.54, 1.807) is 6.92 Å². The van der Waals surface area contributed by atoms with Gasteiger partial charge in [-0.1, -0.05) is 16.5 Å². The molecule has 3 N–H and O–H groups in total. The molecule has 8 heteroatoms. The SMILES string of the molecule is Cc1oncc1C(=O)Nc1nnc(N)s1. The van der Waals surface area contributed by atoms with Crippen LogP contribution in [0.2, 0.25) is 0 Å². The predicted molar refractivity (Wildman–Crippen MR) is 53.5 cm³/mol. The van der Waals surface area contributed by atoms with Crippen molar-refractivity contribution in [1.82, 2.24) is 15.4 Å². The Morgan fingerprint density at radius 1 is 1.60 bits per heavy atom. The van der Waals surface area contributed by atoms with Crippen LogP contribution in [0.15, 0.2) is 10.7 Å². The van der Waals surface area contributed by atoms with Crippen molar-refractivity contribution < 1.29 is 9.32 Å². The lowest BCUT2D eigenvalue weighted by Crippen LogP contribution is -2.11. The molecule has 1 amide bonds. The van der Waals surface area contributed by atoms with Crippen LogP contribution >= 0.6 is 11.3 Å². The summed E-state index contributed by atoms with van der Waals surface area (Å²) in [6.45, 7) is 1.65. The van der Waals surface area contributed by atoms with Gasteiger partial charge in [-0.25, -0.2) is 0 Å². The highest BCUT2D eigenvalue weighted by Crippen LogP contribution is 2.17. The number of amides is 1. The molecule has 0 atom stereocenters. The minimum atomic E-state index is -0.343. The lowest BCUT2D eigenvalue weighted by atomic mass is 10.3. The number of carbonyl (C=O) groups is 1. The van der Waals surface area contributed by atoms with Gasteiger partial charge in [0.2, 0.25) is 10.3 Å². The zero-order valence-electron chi connectivity index (χ0n) is 7.72. The maximum absolute atomic E-state index is 11.6. The van der Waals surface area contributed by atoms with Gasteiger partial charge in [-0.3, -0.25) is 10.1 Å². The Morgan fingerprint density at radius 3 is 2.93 bits per heavy atom. The number of nitrogens with zero attached hydrogens (tertiary/aromatic N) is 3. The van der Waals surface area contributed by atoms with E-state index in [-0.39, 0.29) is 5.91 Å². The predicted octanol–water partition coefficient (Wildman–Crippen LogP) is 0.669. The van der Waals surface area contributed by atoms with E-state index in [1.165, 1.54) is 6.20 Å². The van der Waals surface area contributed by atoms with Gasteiger partial charge in [0.25, 0.3) is 5.91 Å². The molecule has 0 saturated carbocycles. The number of hydrogen-bond donors (Lipinski definition) is 2. The van der Waals surface area contributed by atoms with Gasteiger partial charge in [-0.2, -0.15) is 0 Å². The molecule has 0 aliphatic rings. The van der Waals surface area contributed by atoms with Crippen LogP contribution in [-0.4, -0.2) is 21.3 Å². The van der Waals surface area contributed by atoms with E-state index in [9.17, 15) is 4.79 Å². The fourth-order valence-electron chi connectivity index (χ4n) is 0.966. The summed E-state index contributed by atoms with van der Waals surface area (Å²) in [7, 11) is 0. The Bertz CT molecular complexity index is 491. The Balaban J connectivity index is 2.14. The molecule has 0 aromatic carbocycles. The van der Waals surface area contributed by atoms with Crippen LogP contribution in [0.4, 0.5) is 10.3 Å². The number of aromatic nitrogens is 3. The number of hydrogen-bond acceptors (Lipinski definition) is 7. The van der Waals surface area contributed by atoms with Crippen LogP contribution in [0.5, 0.6) is 0 Å². The molecule has 0 aliphatic carbocycles. The number of nitrogen functional groups attached to an aromatic ring is 1. The van der Waals surface area contributed by atoms with Crippen LogP contribution in [-0.2, 0) is 0 Å². The van der Waals surface area contributed by atoms with E-state index in [4.69, 9.17) is 10.3 Å². The van der Waals surface area contributed by atoms with E-state index < -0.39 is 0 Å². The highest BCUT2D eigenvalue weighted by Gasteiger charge is 2.14. The van der Waals surface area contributed by atoms with Gasteiger partial charge >= 0.3 is 0 Å². The van der Waals surface area contributed by atoms with E-state index in [2.05, 4.69) is 20.7 Å². The second kappa shape index (κ2) is 3.65. The number of carbonyl (C=O) groups excluding carboxylic acids is 1. The van der Waals surface area contributed by atoms with Crippen LogP contribution in [0.3, 0.4) is 0 Å². The first-order chi connectivity index (χ1) is 7.16. The number of aryl methyl sites for hydroxylation is 1. The highest BCUT2D eigenvalue weighted by molar-refractivity contribution is 7.19. The van der Waals surface area contributed by atoms with Crippen molar-refractivity contribution in [3.8, 4) is 0 Å². The molecule has 78 valence electrons. The first-order valence-electron chi connectivity index (χ1n) is 3.98. The highest BCUT2D eigenvalue weighted by atomic mass is 32.1. The molecular weight excluding hydrogens is 218 g/mol. The van der Waals surface area contributed by atoms with Gasteiger partial charge in [0.05, 0.1) is 6.20 Å². The van der Waals surface area contributed by atoms with Gasteiger partial charge < -0.3 is 10.3 Å². The molecular formula is C7H7N5O2S. The van der Waals surface area contributed by atoms with Crippen molar-refractivity contribution in [1.29, 1.82) is 0 Å². The third kappa shape index (κ3) is 1.94. The maximum Gasteiger partial charge on any atom is 0.262 e. The van der Waals surface area contributed by atoms with Gasteiger partial charge in [0, 0.05) is 0 Å².